The van der Waals surface area contributed by atoms with Crippen LogP contribution in [0.1, 0.15) is 25.6 Å². The molecule has 2 heterocycles. The van der Waals surface area contributed by atoms with Crippen molar-refractivity contribution in [3.63, 3.8) is 0 Å². The van der Waals surface area contributed by atoms with Gasteiger partial charge in [0.1, 0.15) is 23.3 Å². The van der Waals surface area contributed by atoms with E-state index in [4.69, 9.17) is 0 Å². The van der Waals surface area contributed by atoms with Gasteiger partial charge in [0.05, 0.1) is 17.1 Å². The number of nitrogens with zero attached hydrogens (tertiary/aromatic N) is 5. The van der Waals surface area contributed by atoms with Crippen LogP contribution in [0.5, 0.6) is 0 Å². The van der Waals surface area contributed by atoms with E-state index in [2.05, 4.69) is 21.3 Å². The molecule has 1 aliphatic rings. The first-order chi connectivity index (χ1) is 12.4. The number of anilines is 2. The standard InChI is InChI=1S/C18H20N6OS/c1-11(2)16-20-18(22-21-16)26-10-15(25)12(9-19)17-23(3)13-7-5-6-8-14(13)24(17)4/h5-8,11H,10H2,1-4H3,(H,20,21,22). The number of ketones is 1. The van der Waals surface area contributed by atoms with Crippen LogP contribution in [0.3, 0.4) is 0 Å². The summed E-state index contributed by atoms with van der Waals surface area (Å²) in [5.74, 6) is 1.49. The van der Waals surface area contributed by atoms with Gasteiger partial charge in [0.15, 0.2) is 5.78 Å². The van der Waals surface area contributed by atoms with Crippen LogP contribution in [0.2, 0.25) is 0 Å². The third kappa shape index (κ3) is 3.18. The summed E-state index contributed by atoms with van der Waals surface area (Å²) in [7, 11) is 3.72. The highest BCUT2D eigenvalue weighted by molar-refractivity contribution is 7.99. The number of carbonyl (C=O) groups excluding carboxylic acids is 1. The van der Waals surface area contributed by atoms with Gasteiger partial charge >= 0.3 is 0 Å². The first kappa shape index (κ1) is 18.0. The number of aromatic nitrogens is 3. The van der Waals surface area contributed by atoms with E-state index in [0.29, 0.717) is 11.0 Å². The molecule has 3 rings (SSSR count). The number of benzene rings is 1. The van der Waals surface area contributed by atoms with Crippen molar-refractivity contribution in [2.45, 2.75) is 24.9 Å². The van der Waals surface area contributed by atoms with Crippen LogP contribution >= 0.6 is 11.8 Å². The molecule has 0 aliphatic carbocycles. The predicted molar refractivity (Wildman–Crippen MR) is 102 cm³/mol. The molecule has 0 fully saturated rings. The van der Waals surface area contributed by atoms with Gasteiger partial charge in [-0.1, -0.05) is 37.7 Å². The molecule has 0 atom stereocenters. The van der Waals surface area contributed by atoms with Crippen LogP contribution in [0.4, 0.5) is 11.4 Å². The Morgan fingerprint density at radius 1 is 1.27 bits per heavy atom. The highest BCUT2D eigenvalue weighted by Gasteiger charge is 2.31. The summed E-state index contributed by atoms with van der Waals surface area (Å²) in [5, 5.41) is 17.1. The number of allylic oxidation sites excluding steroid dienone is 1. The molecule has 26 heavy (non-hydrogen) atoms. The summed E-state index contributed by atoms with van der Waals surface area (Å²) in [6.45, 7) is 4.03. The van der Waals surface area contributed by atoms with Gasteiger partial charge in [0.25, 0.3) is 0 Å². The fourth-order valence-electron chi connectivity index (χ4n) is 2.84. The summed E-state index contributed by atoms with van der Waals surface area (Å²) in [6, 6.07) is 9.89. The average molecular weight is 368 g/mol. The van der Waals surface area contributed by atoms with E-state index in [-0.39, 0.29) is 23.0 Å². The minimum absolute atomic E-state index is 0.111. The van der Waals surface area contributed by atoms with E-state index in [9.17, 15) is 10.1 Å². The van der Waals surface area contributed by atoms with E-state index in [1.807, 2.05) is 62.0 Å². The number of para-hydroxylation sites is 2. The van der Waals surface area contributed by atoms with Gasteiger partial charge in [-0.05, 0) is 12.1 Å². The van der Waals surface area contributed by atoms with Crippen LogP contribution in [0.15, 0.2) is 40.8 Å². The maximum absolute atomic E-state index is 12.7. The molecule has 1 aromatic carbocycles. The van der Waals surface area contributed by atoms with Gasteiger partial charge < -0.3 is 9.80 Å². The number of thioether (sulfide) groups is 1. The Bertz CT molecular complexity index is 879. The lowest BCUT2D eigenvalue weighted by Gasteiger charge is -2.19. The minimum atomic E-state index is -0.241. The highest BCUT2D eigenvalue weighted by Crippen LogP contribution is 2.40. The fraction of sp³-hybridized carbons (Fsp3) is 0.333. The van der Waals surface area contributed by atoms with Crippen molar-refractivity contribution in [2.24, 2.45) is 0 Å². The van der Waals surface area contributed by atoms with Crippen molar-refractivity contribution in [1.29, 1.82) is 5.26 Å². The first-order valence-corrected chi connectivity index (χ1v) is 9.21. The molecule has 8 heteroatoms. The molecule has 0 amide bonds. The number of fused-ring (bicyclic) bond motifs is 1. The number of carbonyl (C=O) groups is 1. The number of hydrogen-bond donors (Lipinski definition) is 1. The summed E-state index contributed by atoms with van der Waals surface area (Å²) in [4.78, 5) is 20.8. The Hall–Kier alpha value is -2.79. The van der Waals surface area contributed by atoms with E-state index in [0.717, 1.165) is 17.2 Å². The smallest absolute Gasteiger partial charge is 0.208 e. The fourth-order valence-corrected chi connectivity index (χ4v) is 3.52. The largest absolute Gasteiger partial charge is 0.328 e. The van der Waals surface area contributed by atoms with Crippen LogP contribution in [-0.2, 0) is 4.79 Å². The number of aromatic amines is 1. The Kier molecular flexibility index (Phi) is 5.00. The number of nitrogens with one attached hydrogen (secondary N) is 1. The molecule has 0 saturated heterocycles. The van der Waals surface area contributed by atoms with Crippen molar-refractivity contribution in [1.82, 2.24) is 15.2 Å². The van der Waals surface area contributed by atoms with Crippen molar-refractivity contribution < 1.29 is 4.79 Å². The van der Waals surface area contributed by atoms with Gasteiger partial charge in [-0.25, -0.2) is 4.98 Å². The molecule has 2 aromatic rings. The second kappa shape index (κ2) is 7.22. The zero-order valence-corrected chi connectivity index (χ0v) is 16.0. The molecular weight excluding hydrogens is 348 g/mol. The number of rotatable bonds is 5. The molecule has 0 radical (unpaired) electrons. The molecule has 0 spiro atoms. The lowest BCUT2D eigenvalue weighted by Crippen LogP contribution is -2.26. The van der Waals surface area contributed by atoms with Gasteiger partial charge in [-0.3, -0.25) is 9.89 Å². The normalized spacial score (nSPS) is 13.2. The molecule has 0 saturated carbocycles. The van der Waals surface area contributed by atoms with Crippen molar-refractivity contribution in [2.75, 3.05) is 29.6 Å². The second-order valence-electron chi connectivity index (χ2n) is 6.29. The van der Waals surface area contributed by atoms with E-state index in [1.165, 1.54) is 11.8 Å². The summed E-state index contributed by atoms with van der Waals surface area (Å²) >= 11 is 1.23. The number of hydrogen-bond acceptors (Lipinski definition) is 7. The van der Waals surface area contributed by atoms with Crippen LogP contribution < -0.4 is 9.80 Å². The van der Waals surface area contributed by atoms with Gasteiger partial charge in [-0.15, -0.1) is 5.10 Å². The molecule has 1 aromatic heterocycles. The van der Waals surface area contributed by atoms with E-state index in [1.54, 1.807) is 0 Å². The third-order valence-electron chi connectivity index (χ3n) is 4.22. The first-order valence-electron chi connectivity index (χ1n) is 8.23. The molecular formula is C18H20N6OS. The number of Topliss-reactive ketones (excluding diaryl/α,β-unsaturated/α-hetero) is 1. The number of H-pyrrole nitrogens is 1. The lowest BCUT2D eigenvalue weighted by molar-refractivity contribution is -0.112. The second-order valence-corrected chi connectivity index (χ2v) is 7.23. The molecule has 1 aliphatic heterocycles. The van der Waals surface area contributed by atoms with Gasteiger partial charge in [0.2, 0.25) is 5.16 Å². The Morgan fingerprint density at radius 2 is 1.88 bits per heavy atom. The summed E-state index contributed by atoms with van der Waals surface area (Å²) < 4.78 is 0. The maximum Gasteiger partial charge on any atom is 0.208 e. The van der Waals surface area contributed by atoms with Gasteiger partial charge in [-0.2, -0.15) is 5.26 Å². The summed E-state index contributed by atoms with van der Waals surface area (Å²) in [5.41, 5.74) is 2.07. The molecule has 0 bridgehead atoms. The van der Waals surface area contributed by atoms with E-state index < -0.39 is 0 Å². The zero-order valence-electron chi connectivity index (χ0n) is 15.1. The van der Waals surface area contributed by atoms with E-state index >= 15 is 0 Å². The summed E-state index contributed by atoms with van der Waals surface area (Å²) in [6.07, 6.45) is 0. The van der Waals surface area contributed by atoms with Gasteiger partial charge in [0, 0.05) is 20.0 Å². The van der Waals surface area contributed by atoms with Crippen molar-refractivity contribution >= 4 is 28.9 Å². The molecule has 7 nitrogen and oxygen atoms in total. The molecule has 134 valence electrons. The predicted octanol–water partition coefficient (Wildman–Crippen LogP) is 2.91. The molecule has 0 unspecified atom stereocenters. The van der Waals surface area contributed by atoms with Crippen LogP contribution in [-0.4, -0.2) is 40.8 Å². The number of nitriles is 1. The maximum atomic E-state index is 12.7. The lowest BCUT2D eigenvalue weighted by atomic mass is 10.2. The molecule has 1 N–H and O–H groups in total. The van der Waals surface area contributed by atoms with Crippen molar-refractivity contribution in [3.05, 3.63) is 41.5 Å². The zero-order chi connectivity index (χ0) is 18.8. The van der Waals surface area contributed by atoms with Crippen LogP contribution in [0.25, 0.3) is 0 Å². The van der Waals surface area contributed by atoms with Crippen molar-refractivity contribution in [3.8, 4) is 6.07 Å². The average Bonchev–Trinajstić information content (AvgIpc) is 3.20. The monoisotopic (exact) mass is 368 g/mol. The SMILES string of the molecule is CC(C)c1nc(SCC(=O)C(C#N)=C2N(C)c3ccccc3N2C)n[nH]1. The third-order valence-corrected chi connectivity index (χ3v) is 5.06. The van der Waals surface area contributed by atoms with Crippen LogP contribution in [0, 0.1) is 11.3 Å². The topological polar surface area (TPSA) is 88.9 Å². The Labute approximate surface area is 156 Å². The Balaban J connectivity index is 1.81. The minimum Gasteiger partial charge on any atom is -0.328 e. The Morgan fingerprint density at radius 3 is 2.38 bits per heavy atom. The quantitative estimate of drug-likeness (QED) is 0.493. The highest BCUT2D eigenvalue weighted by atomic mass is 32.2.